The molecule has 1 aromatic carbocycles. The molecule has 4 heteroatoms. The van der Waals surface area contributed by atoms with E-state index in [-0.39, 0.29) is 0 Å². The molecule has 0 aliphatic rings. The first-order valence-electron chi connectivity index (χ1n) is 6.28. The molecule has 0 amide bonds. The molecule has 18 heavy (non-hydrogen) atoms. The minimum atomic E-state index is 0.535. The Morgan fingerprint density at radius 2 is 1.89 bits per heavy atom. The van der Waals surface area contributed by atoms with E-state index >= 15 is 0 Å². The summed E-state index contributed by atoms with van der Waals surface area (Å²) in [7, 11) is 1.90. The summed E-state index contributed by atoms with van der Waals surface area (Å²) in [5.74, 6) is 1.80. The van der Waals surface area contributed by atoms with Crippen molar-refractivity contribution >= 4 is 0 Å². The number of benzene rings is 1. The highest BCUT2D eigenvalue weighted by molar-refractivity contribution is 5.53. The van der Waals surface area contributed by atoms with Crippen LogP contribution in [0.15, 0.2) is 28.7 Å². The molecule has 1 heterocycles. The fraction of sp³-hybridized carbons (Fsp3) is 0.429. The highest BCUT2D eigenvalue weighted by Gasteiger charge is 2.08. The van der Waals surface area contributed by atoms with Crippen LogP contribution in [0.1, 0.15) is 31.2 Å². The van der Waals surface area contributed by atoms with Crippen LogP contribution < -0.4 is 5.32 Å². The van der Waals surface area contributed by atoms with E-state index in [0.29, 0.717) is 17.7 Å². The van der Waals surface area contributed by atoms with Gasteiger partial charge in [-0.05, 0) is 30.7 Å². The van der Waals surface area contributed by atoms with Gasteiger partial charge < -0.3 is 9.73 Å². The fourth-order valence-corrected chi connectivity index (χ4v) is 1.71. The van der Waals surface area contributed by atoms with Gasteiger partial charge in [-0.3, -0.25) is 0 Å². The predicted octanol–water partition coefficient (Wildman–Crippen LogP) is 2.62. The second-order valence-corrected chi connectivity index (χ2v) is 4.63. The van der Waals surface area contributed by atoms with E-state index in [4.69, 9.17) is 4.42 Å². The molecule has 0 fully saturated rings. The normalized spacial score (nSPS) is 11.1. The predicted molar refractivity (Wildman–Crippen MR) is 71.5 cm³/mol. The van der Waals surface area contributed by atoms with Gasteiger partial charge in [0.15, 0.2) is 0 Å². The Kier molecular flexibility index (Phi) is 4.10. The van der Waals surface area contributed by atoms with Crippen molar-refractivity contribution < 1.29 is 4.42 Å². The third kappa shape index (κ3) is 2.96. The van der Waals surface area contributed by atoms with Gasteiger partial charge in [0.05, 0.1) is 0 Å². The topological polar surface area (TPSA) is 51.0 Å². The first kappa shape index (κ1) is 12.8. The first-order chi connectivity index (χ1) is 8.70. The number of nitrogens with one attached hydrogen (secondary N) is 1. The van der Waals surface area contributed by atoms with Gasteiger partial charge in [0, 0.05) is 18.5 Å². The highest BCUT2D eigenvalue weighted by Crippen LogP contribution is 2.21. The molecule has 2 aromatic rings. The summed E-state index contributed by atoms with van der Waals surface area (Å²) in [6, 6.07) is 8.28. The second kappa shape index (κ2) is 5.78. The summed E-state index contributed by atoms with van der Waals surface area (Å²) in [6.45, 7) is 5.20. The lowest BCUT2D eigenvalue weighted by molar-refractivity contribution is 0.500. The van der Waals surface area contributed by atoms with E-state index in [0.717, 1.165) is 18.5 Å². The van der Waals surface area contributed by atoms with Crippen molar-refractivity contribution in [2.75, 3.05) is 13.6 Å². The maximum absolute atomic E-state index is 5.61. The Bertz CT molecular complexity index is 488. The van der Waals surface area contributed by atoms with Gasteiger partial charge in [0.1, 0.15) is 0 Å². The van der Waals surface area contributed by atoms with Crippen LogP contribution in [0.5, 0.6) is 0 Å². The Morgan fingerprint density at radius 3 is 2.50 bits per heavy atom. The lowest BCUT2D eigenvalue weighted by Gasteiger charge is -2.04. The van der Waals surface area contributed by atoms with Gasteiger partial charge >= 0.3 is 0 Å². The lowest BCUT2D eigenvalue weighted by atomic mass is 10.0. The number of nitrogens with zero attached hydrogens (tertiary/aromatic N) is 2. The molecule has 0 aliphatic carbocycles. The van der Waals surface area contributed by atoms with Crippen molar-refractivity contribution in [1.29, 1.82) is 0 Å². The molecular weight excluding hydrogens is 226 g/mol. The SMILES string of the molecule is CNCCc1nnc(-c2ccc(C(C)C)cc2)o1. The molecule has 0 aliphatic heterocycles. The number of likely N-dealkylation sites (N-methyl/N-ethyl adjacent to an activating group) is 1. The third-order valence-corrected chi connectivity index (χ3v) is 2.88. The summed E-state index contributed by atoms with van der Waals surface area (Å²) in [6.07, 6.45) is 0.758. The first-order valence-corrected chi connectivity index (χ1v) is 6.28. The minimum absolute atomic E-state index is 0.535. The van der Waals surface area contributed by atoms with E-state index in [1.54, 1.807) is 0 Å². The smallest absolute Gasteiger partial charge is 0.247 e. The summed E-state index contributed by atoms with van der Waals surface area (Å²) in [5.41, 5.74) is 2.29. The average Bonchev–Trinajstić information content (AvgIpc) is 2.85. The van der Waals surface area contributed by atoms with E-state index in [1.165, 1.54) is 5.56 Å². The quantitative estimate of drug-likeness (QED) is 0.879. The second-order valence-electron chi connectivity index (χ2n) is 4.63. The molecule has 2 rings (SSSR count). The minimum Gasteiger partial charge on any atom is -0.421 e. The van der Waals surface area contributed by atoms with Gasteiger partial charge in [0.2, 0.25) is 11.8 Å². The zero-order valence-corrected chi connectivity index (χ0v) is 11.1. The van der Waals surface area contributed by atoms with Gasteiger partial charge in [-0.1, -0.05) is 26.0 Å². The molecule has 0 atom stereocenters. The Balaban J connectivity index is 2.13. The number of hydrogen-bond acceptors (Lipinski definition) is 4. The van der Waals surface area contributed by atoms with Crippen LogP contribution in [0.3, 0.4) is 0 Å². The van der Waals surface area contributed by atoms with E-state index in [9.17, 15) is 0 Å². The van der Waals surface area contributed by atoms with Crippen LogP contribution in [0.2, 0.25) is 0 Å². The Labute approximate surface area is 107 Å². The van der Waals surface area contributed by atoms with Gasteiger partial charge in [0.25, 0.3) is 0 Å². The van der Waals surface area contributed by atoms with Crippen LogP contribution >= 0.6 is 0 Å². The maximum atomic E-state index is 5.61. The van der Waals surface area contributed by atoms with Crippen molar-refractivity contribution in [3.8, 4) is 11.5 Å². The van der Waals surface area contributed by atoms with Crippen LogP contribution in [-0.4, -0.2) is 23.8 Å². The number of rotatable bonds is 5. The summed E-state index contributed by atoms with van der Waals surface area (Å²) in [4.78, 5) is 0. The fourth-order valence-electron chi connectivity index (χ4n) is 1.71. The zero-order valence-electron chi connectivity index (χ0n) is 11.1. The molecule has 0 radical (unpaired) electrons. The van der Waals surface area contributed by atoms with Gasteiger partial charge in [-0.2, -0.15) is 0 Å². The molecule has 1 N–H and O–H groups in total. The van der Waals surface area contributed by atoms with Crippen molar-refractivity contribution in [2.24, 2.45) is 0 Å². The van der Waals surface area contributed by atoms with Crippen molar-refractivity contribution in [1.82, 2.24) is 15.5 Å². The van der Waals surface area contributed by atoms with Gasteiger partial charge in [-0.15, -0.1) is 10.2 Å². The highest BCUT2D eigenvalue weighted by atomic mass is 16.4. The van der Waals surface area contributed by atoms with E-state index in [1.807, 2.05) is 19.2 Å². The van der Waals surface area contributed by atoms with Crippen LogP contribution in [0, 0.1) is 0 Å². The van der Waals surface area contributed by atoms with Crippen molar-refractivity contribution in [3.05, 3.63) is 35.7 Å². The summed E-state index contributed by atoms with van der Waals surface area (Å²) in [5, 5.41) is 11.2. The van der Waals surface area contributed by atoms with Crippen LogP contribution in [0.25, 0.3) is 11.5 Å². The number of hydrogen-bond donors (Lipinski definition) is 1. The summed E-state index contributed by atoms with van der Waals surface area (Å²) >= 11 is 0. The maximum Gasteiger partial charge on any atom is 0.247 e. The monoisotopic (exact) mass is 245 g/mol. The van der Waals surface area contributed by atoms with Gasteiger partial charge in [-0.25, -0.2) is 0 Å². The molecule has 1 aromatic heterocycles. The Morgan fingerprint density at radius 1 is 1.17 bits per heavy atom. The number of aromatic nitrogens is 2. The molecule has 0 spiro atoms. The summed E-state index contributed by atoms with van der Waals surface area (Å²) < 4.78 is 5.61. The molecule has 0 saturated carbocycles. The van der Waals surface area contributed by atoms with Crippen LogP contribution in [0.4, 0.5) is 0 Å². The van der Waals surface area contributed by atoms with E-state index < -0.39 is 0 Å². The molecule has 0 saturated heterocycles. The molecule has 4 nitrogen and oxygen atoms in total. The van der Waals surface area contributed by atoms with Crippen molar-refractivity contribution in [3.63, 3.8) is 0 Å². The largest absolute Gasteiger partial charge is 0.421 e. The molecule has 0 unspecified atom stereocenters. The van der Waals surface area contributed by atoms with Crippen LogP contribution in [-0.2, 0) is 6.42 Å². The average molecular weight is 245 g/mol. The third-order valence-electron chi connectivity index (χ3n) is 2.88. The molecule has 96 valence electrons. The molecular formula is C14H19N3O. The lowest BCUT2D eigenvalue weighted by Crippen LogP contribution is -2.10. The standard InChI is InChI=1S/C14H19N3O/c1-10(2)11-4-6-12(7-5-11)14-17-16-13(18-14)8-9-15-3/h4-7,10,15H,8-9H2,1-3H3. The Hall–Kier alpha value is -1.68. The van der Waals surface area contributed by atoms with Crippen molar-refractivity contribution in [2.45, 2.75) is 26.2 Å². The molecule has 0 bridgehead atoms. The zero-order chi connectivity index (χ0) is 13.0. The van der Waals surface area contributed by atoms with E-state index in [2.05, 4.69) is 41.5 Å².